The molecule has 1 aliphatic heterocycles. The molecular weight excluding hydrogens is 220 g/mol. The smallest absolute Gasteiger partial charge is 0.308 e. The van der Waals surface area contributed by atoms with Crippen molar-refractivity contribution < 1.29 is 14.7 Å². The molecule has 1 fully saturated rings. The van der Waals surface area contributed by atoms with Crippen LogP contribution in [0, 0.1) is 11.8 Å². The van der Waals surface area contributed by atoms with E-state index in [2.05, 4.69) is 0 Å². The van der Waals surface area contributed by atoms with Gasteiger partial charge in [-0.2, -0.15) is 0 Å². The van der Waals surface area contributed by atoms with Crippen LogP contribution in [0.1, 0.15) is 33.1 Å². The average Bonchev–Trinajstić information content (AvgIpc) is 2.27. The van der Waals surface area contributed by atoms with Crippen molar-refractivity contribution in [2.75, 3.05) is 13.1 Å². The van der Waals surface area contributed by atoms with Crippen molar-refractivity contribution in [3.8, 4) is 0 Å². The van der Waals surface area contributed by atoms with E-state index in [1.165, 1.54) is 0 Å². The minimum Gasteiger partial charge on any atom is -0.481 e. The summed E-state index contributed by atoms with van der Waals surface area (Å²) in [7, 11) is 0. The molecule has 1 rings (SSSR count). The molecule has 0 spiro atoms. The van der Waals surface area contributed by atoms with Gasteiger partial charge in [0.2, 0.25) is 5.91 Å². The van der Waals surface area contributed by atoms with Gasteiger partial charge in [-0.05, 0) is 25.2 Å². The zero-order chi connectivity index (χ0) is 13.0. The lowest BCUT2D eigenvalue weighted by molar-refractivity contribution is -0.146. The highest BCUT2D eigenvalue weighted by Crippen LogP contribution is 2.18. The van der Waals surface area contributed by atoms with Gasteiger partial charge >= 0.3 is 5.97 Å². The van der Waals surface area contributed by atoms with E-state index in [0.29, 0.717) is 31.8 Å². The van der Waals surface area contributed by atoms with E-state index in [-0.39, 0.29) is 5.91 Å². The van der Waals surface area contributed by atoms with Crippen LogP contribution in [0.5, 0.6) is 0 Å². The fraction of sp³-hybridized carbons (Fsp3) is 0.833. The summed E-state index contributed by atoms with van der Waals surface area (Å²) in [4.78, 5) is 24.5. The second kappa shape index (κ2) is 6.00. The van der Waals surface area contributed by atoms with E-state index in [4.69, 9.17) is 10.8 Å². The van der Waals surface area contributed by atoms with E-state index in [0.717, 1.165) is 6.42 Å². The van der Waals surface area contributed by atoms with Crippen LogP contribution in [0.25, 0.3) is 0 Å². The molecule has 0 aromatic rings. The van der Waals surface area contributed by atoms with Gasteiger partial charge in [0, 0.05) is 13.1 Å². The second-order valence-electron chi connectivity index (χ2n) is 5.20. The maximum Gasteiger partial charge on any atom is 0.308 e. The van der Waals surface area contributed by atoms with Crippen LogP contribution in [-0.2, 0) is 9.59 Å². The number of carbonyl (C=O) groups is 2. The fourth-order valence-electron chi connectivity index (χ4n) is 2.22. The first-order chi connectivity index (χ1) is 7.91. The zero-order valence-electron chi connectivity index (χ0n) is 10.6. The van der Waals surface area contributed by atoms with Crippen LogP contribution in [0.3, 0.4) is 0 Å². The third kappa shape index (κ3) is 4.00. The Morgan fingerprint density at radius 3 is 2.65 bits per heavy atom. The lowest BCUT2D eigenvalue weighted by Gasteiger charge is -2.32. The number of hydrogen-bond acceptors (Lipinski definition) is 3. The predicted molar refractivity (Wildman–Crippen MR) is 64.4 cm³/mol. The minimum atomic E-state index is -0.820. The molecule has 0 bridgehead atoms. The highest BCUT2D eigenvalue weighted by molar-refractivity contribution is 5.82. The number of aliphatic carboxylic acids is 1. The van der Waals surface area contributed by atoms with Crippen LogP contribution >= 0.6 is 0 Å². The van der Waals surface area contributed by atoms with Gasteiger partial charge in [0.15, 0.2) is 0 Å². The number of hydrogen-bond donors (Lipinski definition) is 2. The van der Waals surface area contributed by atoms with Crippen LogP contribution in [-0.4, -0.2) is 41.0 Å². The Balaban J connectivity index is 2.54. The summed E-state index contributed by atoms with van der Waals surface area (Å²) in [5, 5.41) is 8.95. The molecule has 0 aromatic heterocycles. The summed E-state index contributed by atoms with van der Waals surface area (Å²) in [6.45, 7) is 4.97. The number of nitrogens with two attached hydrogens (primary N) is 1. The number of carboxylic acids is 1. The molecule has 1 heterocycles. The Labute approximate surface area is 102 Å². The number of carbonyl (C=O) groups excluding carboxylic acids is 1. The number of piperidine rings is 1. The van der Waals surface area contributed by atoms with Gasteiger partial charge < -0.3 is 15.7 Å². The Hall–Kier alpha value is -1.10. The van der Waals surface area contributed by atoms with Gasteiger partial charge in [-0.3, -0.25) is 9.59 Å². The van der Waals surface area contributed by atoms with E-state index >= 15 is 0 Å². The topological polar surface area (TPSA) is 83.6 Å². The molecule has 0 saturated carbocycles. The monoisotopic (exact) mass is 242 g/mol. The summed E-state index contributed by atoms with van der Waals surface area (Å²) in [5.74, 6) is -0.988. The van der Waals surface area contributed by atoms with Gasteiger partial charge in [-0.1, -0.05) is 13.8 Å². The lowest BCUT2D eigenvalue weighted by atomic mass is 9.96. The molecule has 3 N–H and O–H groups in total. The maximum absolute atomic E-state index is 12.0. The largest absolute Gasteiger partial charge is 0.481 e. The number of likely N-dealkylation sites (tertiary alicyclic amines) is 1. The van der Waals surface area contributed by atoms with E-state index in [1.807, 2.05) is 13.8 Å². The average molecular weight is 242 g/mol. The molecule has 0 radical (unpaired) electrons. The highest BCUT2D eigenvalue weighted by Gasteiger charge is 2.30. The van der Waals surface area contributed by atoms with Crippen LogP contribution in [0.4, 0.5) is 0 Å². The normalized spacial score (nSPS) is 22.6. The summed E-state index contributed by atoms with van der Waals surface area (Å²) < 4.78 is 0. The van der Waals surface area contributed by atoms with Gasteiger partial charge in [-0.15, -0.1) is 0 Å². The number of nitrogens with zero attached hydrogens (tertiary/aromatic N) is 1. The molecule has 1 amide bonds. The molecule has 5 nitrogen and oxygen atoms in total. The quantitative estimate of drug-likeness (QED) is 0.759. The first-order valence-electron chi connectivity index (χ1n) is 6.19. The van der Waals surface area contributed by atoms with Gasteiger partial charge in [0.25, 0.3) is 0 Å². The van der Waals surface area contributed by atoms with Crippen molar-refractivity contribution in [1.29, 1.82) is 0 Å². The minimum absolute atomic E-state index is 0.107. The molecule has 5 heteroatoms. The van der Waals surface area contributed by atoms with Gasteiger partial charge in [-0.25, -0.2) is 0 Å². The van der Waals surface area contributed by atoms with E-state index in [1.54, 1.807) is 4.90 Å². The Bertz CT molecular complexity index is 291. The standard InChI is InChI=1S/C12H22N2O3/c1-8(2)6-10(13)11(15)14-5-3-4-9(7-14)12(16)17/h8-10H,3-7,13H2,1-2H3,(H,16,17)/t9?,10-/m1/s1. The molecule has 1 aliphatic rings. The number of rotatable bonds is 4. The SMILES string of the molecule is CC(C)C[C@@H](N)C(=O)N1CCCC(C(=O)O)C1. The third-order valence-electron chi connectivity index (χ3n) is 3.12. The van der Waals surface area contributed by atoms with Crippen molar-refractivity contribution >= 4 is 11.9 Å². The van der Waals surface area contributed by atoms with Crippen molar-refractivity contribution in [3.05, 3.63) is 0 Å². The highest BCUT2D eigenvalue weighted by atomic mass is 16.4. The van der Waals surface area contributed by atoms with Gasteiger partial charge in [0.1, 0.15) is 0 Å². The van der Waals surface area contributed by atoms with E-state index < -0.39 is 17.9 Å². The van der Waals surface area contributed by atoms with Crippen LogP contribution < -0.4 is 5.73 Å². The molecule has 2 atom stereocenters. The lowest BCUT2D eigenvalue weighted by Crippen LogP contribution is -2.49. The summed E-state index contributed by atoms with van der Waals surface area (Å²) >= 11 is 0. The Morgan fingerprint density at radius 1 is 1.47 bits per heavy atom. The Kier molecular flexibility index (Phi) is 4.93. The molecule has 0 aliphatic carbocycles. The van der Waals surface area contributed by atoms with Crippen molar-refractivity contribution in [2.45, 2.75) is 39.2 Å². The Morgan fingerprint density at radius 2 is 2.12 bits per heavy atom. The first-order valence-corrected chi connectivity index (χ1v) is 6.19. The van der Waals surface area contributed by atoms with E-state index in [9.17, 15) is 9.59 Å². The second-order valence-corrected chi connectivity index (χ2v) is 5.20. The van der Waals surface area contributed by atoms with Gasteiger partial charge in [0.05, 0.1) is 12.0 Å². The van der Waals surface area contributed by atoms with Crippen molar-refractivity contribution in [3.63, 3.8) is 0 Å². The summed E-state index contributed by atoms with van der Waals surface area (Å²) in [6.07, 6.45) is 2.04. The van der Waals surface area contributed by atoms with Crippen LogP contribution in [0.15, 0.2) is 0 Å². The third-order valence-corrected chi connectivity index (χ3v) is 3.12. The molecular formula is C12H22N2O3. The molecule has 98 valence electrons. The molecule has 17 heavy (non-hydrogen) atoms. The molecule has 1 unspecified atom stereocenters. The first kappa shape index (κ1) is 14.0. The molecule has 0 aromatic carbocycles. The van der Waals surface area contributed by atoms with Crippen molar-refractivity contribution in [2.24, 2.45) is 17.6 Å². The summed E-state index contributed by atoms with van der Waals surface area (Å²) in [6, 6.07) is -0.498. The van der Waals surface area contributed by atoms with Crippen molar-refractivity contribution in [1.82, 2.24) is 4.90 Å². The summed E-state index contributed by atoms with van der Waals surface area (Å²) in [5.41, 5.74) is 5.83. The zero-order valence-corrected chi connectivity index (χ0v) is 10.6. The fourth-order valence-corrected chi connectivity index (χ4v) is 2.22. The number of carboxylic acid groups (broad SMARTS) is 1. The van der Waals surface area contributed by atoms with Crippen LogP contribution in [0.2, 0.25) is 0 Å². The predicted octanol–water partition coefficient (Wildman–Crippen LogP) is 0.683. The number of amides is 1. The molecule has 1 saturated heterocycles. The maximum atomic E-state index is 12.0.